The Morgan fingerprint density at radius 1 is 1.11 bits per heavy atom. The van der Waals surface area contributed by atoms with Crippen LogP contribution in [-0.4, -0.2) is 62.8 Å². The number of rotatable bonds is 9. The van der Waals surface area contributed by atoms with E-state index in [0.29, 0.717) is 12.5 Å². The zero-order chi connectivity index (χ0) is 22.0. The van der Waals surface area contributed by atoms with Crippen LogP contribution >= 0.6 is 0 Å². The van der Waals surface area contributed by atoms with Gasteiger partial charge in [-0.1, -0.05) is 19.8 Å². The Labute approximate surface area is 171 Å². The molecule has 166 valence electrons. The molecule has 0 rings (SSSR count). The van der Waals surface area contributed by atoms with Crippen molar-refractivity contribution in [2.24, 2.45) is 4.99 Å². The maximum Gasteiger partial charge on any atom is 0.407 e. The summed E-state index contributed by atoms with van der Waals surface area (Å²) in [5.41, 5.74) is -0.549. The summed E-state index contributed by atoms with van der Waals surface area (Å²) in [5, 5.41) is 9.08. The largest absolute Gasteiger partial charge is 0.444 e. The standard InChI is InChI=1S/C19H40N4O4S/c1-9-10-11-15(14-22-17(24)27-18(2,3)4)23-16(20-8)21-12-13-28(25,26)19(5,6)7/h15H,9-14H2,1-8H3,(H,22,24)(H2,20,21,23). The summed E-state index contributed by atoms with van der Waals surface area (Å²) in [4.78, 5) is 16.1. The van der Waals surface area contributed by atoms with Crippen LogP contribution in [0.3, 0.4) is 0 Å². The number of ether oxygens (including phenoxy) is 1. The number of alkyl carbamates (subject to hydrolysis) is 1. The maximum absolute atomic E-state index is 12.2. The minimum atomic E-state index is -3.20. The van der Waals surface area contributed by atoms with Crippen LogP contribution in [0.2, 0.25) is 0 Å². The summed E-state index contributed by atoms with van der Waals surface area (Å²) in [5.74, 6) is 0.531. The first-order valence-corrected chi connectivity index (χ1v) is 11.5. The number of guanidine groups is 1. The Hall–Kier alpha value is -1.51. The van der Waals surface area contributed by atoms with Crippen molar-refractivity contribution in [3.05, 3.63) is 0 Å². The van der Waals surface area contributed by atoms with Crippen LogP contribution in [0, 0.1) is 0 Å². The molecule has 0 aliphatic heterocycles. The smallest absolute Gasteiger partial charge is 0.407 e. The molecule has 0 heterocycles. The molecule has 1 unspecified atom stereocenters. The van der Waals surface area contributed by atoms with E-state index in [1.165, 1.54) is 0 Å². The average Bonchev–Trinajstić information content (AvgIpc) is 2.53. The van der Waals surface area contributed by atoms with E-state index in [1.807, 2.05) is 20.8 Å². The highest BCUT2D eigenvalue weighted by Gasteiger charge is 2.28. The van der Waals surface area contributed by atoms with E-state index in [-0.39, 0.29) is 18.3 Å². The van der Waals surface area contributed by atoms with E-state index in [2.05, 4.69) is 27.9 Å². The molecule has 8 nitrogen and oxygen atoms in total. The summed E-state index contributed by atoms with van der Waals surface area (Å²) < 4.78 is 28.9. The predicted molar refractivity (Wildman–Crippen MR) is 116 cm³/mol. The number of nitrogens with zero attached hydrogens (tertiary/aromatic N) is 1. The normalized spacial score (nSPS) is 14.4. The minimum absolute atomic E-state index is 0.0208. The fourth-order valence-electron chi connectivity index (χ4n) is 2.19. The first-order valence-electron chi connectivity index (χ1n) is 9.88. The van der Waals surface area contributed by atoms with Crippen molar-refractivity contribution in [3.8, 4) is 0 Å². The zero-order valence-electron chi connectivity index (χ0n) is 18.8. The van der Waals surface area contributed by atoms with Crippen LogP contribution < -0.4 is 16.0 Å². The van der Waals surface area contributed by atoms with E-state index in [9.17, 15) is 13.2 Å². The first-order chi connectivity index (χ1) is 12.7. The second kappa shape index (κ2) is 11.5. The maximum atomic E-state index is 12.2. The summed E-state index contributed by atoms with van der Waals surface area (Å²) in [6, 6.07) is -0.0436. The molecule has 0 saturated carbocycles. The molecule has 28 heavy (non-hydrogen) atoms. The Kier molecular flexibility index (Phi) is 10.9. The lowest BCUT2D eigenvalue weighted by Crippen LogP contribution is -2.50. The number of hydrogen-bond acceptors (Lipinski definition) is 5. The number of aliphatic imine (C=N–C) groups is 1. The number of hydrogen-bond donors (Lipinski definition) is 3. The second-order valence-corrected chi connectivity index (χ2v) is 11.7. The molecule has 0 aromatic heterocycles. The highest BCUT2D eigenvalue weighted by molar-refractivity contribution is 7.92. The Morgan fingerprint density at radius 3 is 2.18 bits per heavy atom. The van der Waals surface area contributed by atoms with Crippen molar-refractivity contribution in [2.45, 2.75) is 84.1 Å². The molecule has 0 spiro atoms. The summed E-state index contributed by atoms with van der Waals surface area (Å²) in [6.07, 6.45) is 2.40. The van der Waals surface area contributed by atoms with Crippen molar-refractivity contribution < 1.29 is 17.9 Å². The number of carbonyl (C=O) groups excluding carboxylic acids is 1. The summed E-state index contributed by atoms with van der Waals surface area (Å²) >= 11 is 0. The van der Waals surface area contributed by atoms with E-state index < -0.39 is 26.3 Å². The van der Waals surface area contributed by atoms with Gasteiger partial charge in [0.1, 0.15) is 5.60 Å². The van der Waals surface area contributed by atoms with Crippen LogP contribution in [0.5, 0.6) is 0 Å². The summed E-state index contributed by atoms with van der Waals surface area (Å²) in [6.45, 7) is 13.3. The SMILES string of the molecule is CCCCC(CNC(=O)OC(C)(C)C)NC(=NC)NCCS(=O)(=O)C(C)(C)C. The molecule has 0 aromatic carbocycles. The van der Waals surface area contributed by atoms with Crippen molar-refractivity contribution in [1.29, 1.82) is 0 Å². The molecule has 3 N–H and O–H groups in total. The Balaban J connectivity index is 4.71. The molecule has 0 aliphatic carbocycles. The third-order valence-corrected chi connectivity index (χ3v) is 6.57. The van der Waals surface area contributed by atoms with Crippen LogP contribution in [0.15, 0.2) is 4.99 Å². The van der Waals surface area contributed by atoms with E-state index in [1.54, 1.807) is 27.8 Å². The van der Waals surface area contributed by atoms with Crippen molar-refractivity contribution >= 4 is 21.9 Å². The molecule has 0 bridgehead atoms. The molecule has 1 atom stereocenters. The van der Waals surface area contributed by atoms with Crippen molar-refractivity contribution in [1.82, 2.24) is 16.0 Å². The number of amides is 1. The first kappa shape index (κ1) is 26.5. The molecule has 9 heteroatoms. The van der Waals surface area contributed by atoms with Gasteiger partial charge in [0.15, 0.2) is 15.8 Å². The average molecular weight is 421 g/mol. The van der Waals surface area contributed by atoms with Gasteiger partial charge in [0.2, 0.25) is 0 Å². The van der Waals surface area contributed by atoms with E-state index in [0.717, 1.165) is 19.3 Å². The lowest BCUT2D eigenvalue weighted by atomic mass is 10.1. The zero-order valence-corrected chi connectivity index (χ0v) is 19.6. The fraction of sp³-hybridized carbons (Fsp3) is 0.895. The number of sulfone groups is 1. The molecular formula is C19H40N4O4S. The van der Waals surface area contributed by atoms with Gasteiger partial charge in [-0.2, -0.15) is 0 Å². The van der Waals surface area contributed by atoms with Crippen LogP contribution in [-0.2, 0) is 14.6 Å². The van der Waals surface area contributed by atoms with Crippen LogP contribution in [0.1, 0.15) is 67.7 Å². The third kappa shape index (κ3) is 11.4. The molecular weight excluding hydrogens is 380 g/mol. The minimum Gasteiger partial charge on any atom is -0.444 e. The van der Waals surface area contributed by atoms with Gasteiger partial charge < -0.3 is 20.7 Å². The third-order valence-electron chi connectivity index (χ3n) is 3.96. The Morgan fingerprint density at radius 2 is 1.71 bits per heavy atom. The van der Waals surface area contributed by atoms with Gasteiger partial charge >= 0.3 is 6.09 Å². The summed E-state index contributed by atoms with van der Waals surface area (Å²) in [7, 11) is -1.57. The predicted octanol–water partition coefficient (Wildman–Crippen LogP) is 2.45. The lowest BCUT2D eigenvalue weighted by Gasteiger charge is -2.24. The van der Waals surface area contributed by atoms with Gasteiger partial charge in [0.25, 0.3) is 0 Å². The number of carbonyl (C=O) groups is 1. The fourth-order valence-corrected chi connectivity index (χ4v) is 3.18. The van der Waals surface area contributed by atoms with Gasteiger partial charge in [-0.15, -0.1) is 0 Å². The second-order valence-electron chi connectivity index (χ2n) is 8.80. The van der Waals surface area contributed by atoms with E-state index in [4.69, 9.17) is 4.74 Å². The van der Waals surface area contributed by atoms with E-state index >= 15 is 0 Å². The highest BCUT2D eigenvalue weighted by atomic mass is 32.2. The topological polar surface area (TPSA) is 109 Å². The Bertz CT molecular complexity index is 604. The molecule has 1 amide bonds. The molecule has 0 radical (unpaired) electrons. The highest BCUT2D eigenvalue weighted by Crippen LogP contribution is 2.15. The molecule has 0 aliphatic rings. The van der Waals surface area contributed by atoms with Gasteiger partial charge in [0.05, 0.1) is 10.5 Å². The number of nitrogens with one attached hydrogen (secondary N) is 3. The van der Waals surface area contributed by atoms with Gasteiger partial charge in [-0.25, -0.2) is 13.2 Å². The monoisotopic (exact) mass is 420 g/mol. The van der Waals surface area contributed by atoms with Gasteiger partial charge in [-0.05, 0) is 48.0 Å². The molecule has 0 saturated heterocycles. The molecule has 0 aromatic rings. The molecule has 0 fully saturated rings. The quantitative estimate of drug-likeness (QED) is 0.390. The number of unbranched alkanes of at least 4 members (excludes halogenated alkanes) is 1. The van der Waals surface area contributed by atoms with Gasteiger partial charge in [-0.3, -0.25) is 4.99 Å². The van der Waals surface area contributed by atoms with Crippen molar-refractivity contribution in [3.63, 3.8) is 0 Å². The lowest BCUT2D eigenvalue weighted by molar-refractivity contribution is 0.0522. The van der Waals surface area contributed by atoms with Crippen LogP contribution in [0.4, 0.5) is 4.79 Å². The van der Waals surface area contributed by atoms with Gasteiger partial charge in [0, 0.05) is 26.2 Å². The van der Waals surface area contributed by atoms with Crippen molar-refractivity contribution in [2.75, 3.05) is 25.9 Å². The van der Waals surface area contributed by atoms with Crippen LogP contribution in [0.25, 0.3) is 0 Å².